The number of rotatable bonds is 8. The third-order valence-corrected chi connectivity index (χ3v) is 7.21. The summed E-state index contributed by atoms with van der Waals surface area (Å²) in [6, 6.07) is 22.0. The Morgan fingerprint density at radius 2 is 1.76 bits per heavy atom. The van der Waals surface area contributed by atoms with Gasteiger partial charge in [0.2, 0.25) is 0 Å². The van der Waals surface area contributed by atoms with Gasteiger partial charge >= 0.3 is 0 Å². The number of aromatic nitrogens is 4. The van der Waals surface area contributed by atoms with Gasteiger partial charge in [-0.3, -0.25) is 0 Å². The predicted molar refractivity (Wildman–Crippen MR) is 136 cm³/mol. The van der Waals surface area contributed by atoms with Gasteiger partial charge in [-0.05, 0) is 72.9 Å². The van der Waals surface area contributed by atoms with E-state index in [9.17, 15) is 0 Å². The van der Waals surface area contributed by atoms with E-state index in [0.29, 0.717) is 30.0 Å². The molecular formula is C27H33N7. The molecule has 0 bridgehead atoms. The Balaban J connectivity index is 1.28. The first-order chi connectivity index (χ1) is 16.7. The van der Waals surface area contributed by atoms with Crippen LogP contribution in [0.25, 0.3) is 11.2 Å². The summed E-state index contributed by atoms with van der Waals surface area (Å²) in [4.78, 5) is 4.35. The lowest BCUT2D eigenvalue weighted by Gasteiger charge is -2.30. The van der Waals surface area contributed by atoms with Crippen LogP contribution >= 0.6 is 0 Å². The minimum Gasteiger partial charge on any atom is -0.384 e. The molecule has 7 nitrogen and oxygen atoms in total. The van der Waals surface area contributed by atoms with Gasteiger partial charge in [0.1, 0.15) is 11.3 Å². The molecule has 1 unspecified atom stereocenters. The fourth-order valence-electron chi connectivity index (χ4n) is 5.33. The highest BCUT2D eigenvalue weighted by atomic mass is 15.3. The number of nitrogen functional groups attached to an aromatic ring is 1. The number of H-pyrrole nitrogens is 1. The Morgan fingerprint density at radius 1 is 1.00 bits per heavy atom. The van der Waals surface area contributed by atoms with Gasteiger partial charge < -0.3 is 16.8 Å². The van der Waals surface area contributed by atoms with Crippen LogP contribution in [0.4, 0.5) is 5.82 Å². The number of nitrogens with zero attached hydrogens (tertiary/aromatic N) is 3. The maximum Gasteiger partial charge on any atom is 0.178 e. The smallest absolute Gasteiger partial charge is 0.178 e. The zero-order valence-electron chi connectivity index (χ0n) is 19.5. The Morgan fingerprint density at radius 3 is 2.50 bits per heavy atom. The third-order valence-electron chi connectivity index (χ3n) is 7.21. The van der Waals surface area contributed by atoms with E-state index in [0.717, 1.165) is 29.6 Å². The molecule has 4 aromatic rings. The largest absolute Gasteiger partial charge is 0.384 e. The molecule has 1 atom stereocenters. The fraction of sp³-hybridized carbons (Fsp3) is 0.370. The van der Waals surface area contributed by atoms with Crippen LogP contribution in [0.1, 0.15) is 66.2 Å². The lowest BCUT2D eigenvalue weighted by molar-refractivity contribution is 0.340. The molecule has 34 heavy (non-hydrogen) atoms. The van der Waals surface area contributed by atoms with Crippen LogP contribution in [0.3, 0.4) is 0 Å². The zero-order valence-corrected chi connectivity index (χ0v) is 19.5. The van der Waals surface area contributed by atoms with E-state index in [1.807, 2.05) is 6.07 Å². The second kappa shape index (κ2) is 10.3. The van der Waals surface area contributed by atoms with Crippen molar-refractivity contribution in [1.29, 1.82) is 0 Å². The Kier molecular flexibility index (Phi) is 6.83. The van der Waals surface area contributed by atoms with Crippen molar-refractivity contribution in [3.63, 3.8) is 0 Å². The van der Waals surface area contributed by atoms with Crippen molar-refractivity contribution < 1.29 is 0 Å². The first-order valence-corrected chi connectivity index (χ1v) is 12.3. The van der Waals surface area contributed by atoms with Crippen LogP contribution in [0.15, 0.2) is 60.7 Å². The van der Waals surface area contributed by atoms with Crippen molar-refractivity contribution >= 4 is 17.0 Å². The molecule has 2 heterocycles. The van der Waals surface area contributed by atoms with Gasteiger partial charge in [0.15, 0.2) is 5.65 Å². The lowest BCUT2D eigenvalue weighted by Crippen LogP contribution is -2.34. The highest BCUT2D eigenvalue weighted by Crippen LogP contribution is 2.34. The molecule has 6 N–H and O–H groups in total. The summed E-state index contributed by atoms with van der Waals surface area (Å²) in [7, 11) is 0. The van der Waals surface area contributed by atoms with Gasteiger partial charge in [0.05, 0.1) is 0 Å². The van der Waals surface area contributed by atoms with Gasteiger partial charge in [-0.2, -0.15) is 0 Å². The second-order valence-corrected chi connectivity index (χ2v) is 9.35. The predicted octanol–water partition coefficient (Wildman–Crippen LogP) is 4.23. The van der Waals surface area contributed by atoms with Crippen LogP contribution < -0.4 is 16.8 Å². The maximum absolute atomic E-state index is 6.13. The third kappa shape index (κ3) is 4.95. The van der Waals surface area contributed by atoms with Crippen LogP contribution in [0.5, 0.6) is 0 Å². The number of hydrogen-bond donors (Lipinski definition) is 4. The van der Waals surface area contributed by atoms with Crippen molar-refractivity contribution in [2.24, 2.45) is 5.73 Å². The first-order valence-electron chi connectivity index (χ1n) is 12.3. The summed E-state index contributed by atoms with van der Waals surface area (Å²) in [5.74, 6) is 1.30. The number of nitrogens with two attached hydrogens (primary N) is 2. The van der Waals surface area contributed by atoms with Crippen LogP contribution in [-0.4, -0.2) is 33.0 Å². The molecule has 0 amide bonds. The summed E-state index contributed by atoms with van der Waals surface area (Å²) >= 11 is 0. The van der Waals surface area contributed by atoms with E-state index >= 15 is 0 Å². The standard InChI is InChI=1S/C27H33N7/c28-17-18-6-8-21(9-7-18)23(24-16-25(29)31-27-26(24)32-34-33-27)14-15-30-22-12-10-20(11-13-22)19-4-2-1-3-5-19/h1-9,16,20,22-23,30H,10-15,17,28H2,(H3,29,31,32,33,34)/t20-,22-,23?. The van der Waals surface area contributed by atoms with Gasteiger partial charge in [-0.25, -0.2) is 10.1 Å². The number of benzene rings is 2. The average Bonchev–Trinajstić information content (AvgIpc) is 3.36. The quantitative estimate of drug-likeness (QED) is 0.316. The molecule has 0 radical (unpaired) electrons. The van der Waals surface area contributed by atoms with Crippen molar-refractivity contribution in [2.45, 2.75) is 56.5 Å². The van der Waals surface area contributed by atoms with Crippen LogP contribution in [0, 0.1) is 0 Å². The minimum atomic E-state index is 0.137. The number of aromatic amines is 1. The van der Waals surface area contributed by atoms with Crippen molar-refractivity contribution in [3.05, 3.63) is 82.9 Å². The minimum absolute atomic E-state index is 0.137. The van der Waals surface area contributed by atoms with Crippen molar-refractivity contribution in [2.75, 3.05) is 12.3 Å². The molecule has 5 rings (SSSR count). The van der Waals surface area contributed by atoms with Gasteiger partial charge in [-0.1, -0.05) is 59.8 Å². The van der Waals surface area contributed by atoms with E-state index < -0.39 is 0 Å². The van der Waals surface area contributed by atoms with E-state index in [-0.39, 0.29) is 5.92 Å². The van der Waals surface area contributed by atoms with Gasteiger partial charge in [0.25, 0.3) is 0 Å². The molecule has 2 aromatic carbocycles. The number of hydrogen-bond acceptors (Lipinski definition) is 6. The number of fused-ring (bicyclic) bond motifs is 1. The van der Waals surface area contributed by atoms with Crippen LogP contribution in [0.2, 0.25) is 0 Å². The highest BCUT2D eigenvalue weighted by Gasteiger charge is 2.24. The molecule has 1 aliphatic carbocycles. The Labute approximate surface area is 200 Å². The number of nitrogens with one attached hydrogen (secondary N) is 2. The van der Waals surface area contributed by atoms with Gasteiger partial charge in [0, 0.05) is 18.5 Å². The number of anilines is 1. The zero-order chi connectivity index (χ0) is 23.3. The highest BCUT2D eigenvalue weighted by molar-refractivity contribution is 5.77. The SMILES string of the molecule is NCc1ccc(C(CCN[C@H]2CC[C@H](c3ccccc3)CC2)c2cc(N)nc3[nH]nnc23)cc1. The Bertz CT molecular complexity index is 1190. The summed E-state index contributed by atoms with van der Waals surface area (Å²) in [5.41, 5.74) is 18.3. The normalized spacial score (nSPS) is 19.3. The Hall–Kier alpha value is -3.29. The van der Waals surface area contributed by atoms with Crippen molar-refractivity contribution in [1.82, 2.24) is 25.7 Å². The van der Waals surface area contributed by atoms with E-state index in [4.69, 9.17) is 11.5 Å². The summed E-state index contributed by atoms with van der Waals surface area (Å²) < 4.78 is 0. The van der Waals surface area contributed by atoms with Crippen molar-refractivity contribution in [3.8, 4) is 0 Å². The summed E-state index contributed by atoms with van der Waals surface area (Å²) in [6.45, 7) is 1.46. The molecule has 1 saturated carbocycles. The van der Waals surface area contributed by atoms with E-state index in [2.05, 4.69) is 80.3 Å². The molecule has 0 spiro atoms. The first kappa shape index (κ1) is 22.5. The molecule has 7 heteroatoms. The maximum atomic E-state index is 6.13. The van der Waals surface area contributed by atoms with E-state index in [1.165, 1.54) is 36.8 Å². The monoisotopic (exact) mass is 455 g/mol. The summed E-state index contributed by atoms with van der Waals surface area (Å²) in [5, 5.41) is 15.0. The average molecular weight is 456 g/mol. The fourth-order valence-corrected chi connectivity index (χ4v) is 5.33. The summed E-state index contributed by atoms with van der Waals surface area (Å²) in [6.07, 6.45) is 5.85. The molecule has 1 aliphatic rings. The number of pyridine rings is 1. The molecule has 0 saturated heterocycles. The van der Waals surface area contributed by atoms with Crippen LogP contribution in [-0.2, 0) is 6.54 Å². The molecule has 176 valence electrons. The lowest BCUT2D eigenvalue weighted by atomic mass is 9.81. The molecule has 1 fully saturated rings. The molecule has 0 aliphatic heterocycles. The molecule has 2 aromatic heterocycles. The van der Waals surface area contributed by atoms with E-state index in [1.54, 1.807) is 0 Å². The topological polar surface area (TPSA) is 119 Å². The van der Waals surface area contributed by atoms with Gasteiger partial charge in [-0.15, -0.1) is 5.10 Å². The molecular weight excluding hydrogens is 422 g/mol. The second-order valence-electron chi connectivity index (χ2n) is 9.35.